The van der Waals surface area contributed by atoms with Gasteiger partial charge in [0, 0.05) is 19.8 Å². The maximum atomic E-state index is 11.8. The van der Waals surface area contributed by atoms with Crippen LogP contribution >= 0.6 is 0 Å². The third-order valence-electron chi connectivity index (χ3n) is 2.12. The maximum Gasteiger partial charge on any atom is 0.272 e. The topological polar surface area (TPSA) is 57.0 Å². The zero-order chi connectivity index (χ0) is 11.3. The summed E-state index contributed by atoms with van der Waals surface area (Å²) in [6.45, 7) is 2.28. The van der Waals surface area contributed by atoms with Gasteiger partial charge in [0.25, 0.3) is 5.91 Å². The number of nitrogens with zero attached hydrogens (tertiary/aromatic N) is 3. The van der Waals surface area contributed by atoms with E-state index in [4.69, 9.17) is 5.26 Å². The van der Waals surface area contributed by atoms with Crippen LogP contribution in [-0.2, 0) is 0 Å². The van der Waals surface area contributed by atoms with Gasteiger partial charge in [-0.25, -0.2) is 0 Å². The molecule has 0 unspecified atom stereocenters. The second kappa shape index (κ2) is 5.11. The van der Waals surface area contributed by atoms with Gasteiger partial charge in [0.15, 0.2) is 0 Å². The van der Waals surface area contributed by atoms with E-state index in [9.17, 15) is 4.79 Å². The Hall–Kier alpha value is -1.89. The van der Waals surface area contributed by atoms with Crippen LogP contribution in [0.3, 0.4) is 0 Å². The standard InChI is InChI=1S/C11H13N3O/c1-9-5-3-7-13-10(9)11(15)14(2)8-4-6-12/h3,5,7H,4,8H2,1-2H3. The van der Waals surface area contributed by atoms with E-state index in [1.54, 1.807) is 19.3 Å². The highest BCUT2D eigenvalue weighted by Gasteiger charge is 2.14. The number of rotatable bonds is 3. The molecule has 4 nitrogen and oxygen atoms in total. The van der Waals surface area contributed by atoms with Crippen LogP contribution in [0.4, 0.5) is 0 Å². The first-order chi connectivity index (χ1) is 7.16. The van der Waals surface area contributed by atoms with Crippen LogP contribution in [0.1, 0.15) is 22.5 Å². The summed E-state index contributed by atoms with van der Waals surface area (Å²) in [6, 6.07) is 5.64. The lowest BCUT2D eigenvalue weighted by Crippen LogP contribution is -2.28. The molecule has 0 aliphatic carbocycles. The van der Waals surface area contributed by atoms with Crippen LogP contribution in [0.2, 0.25) is 0 Å². The summed E-state index contributed by atoms with van der Waals surface area (Å²) in [4.78, 5) is 17.4. The molecule has 0 bridgehead atoms. The van der Waals surface area contributed by atoms with E-state index in [1.807, 2.05) is 19.1 Å². The van der Waals surface area contributed by atoms with Gasteiger partial charge in [0.2, 0.25) is 0 Å². The first-order valence-electron chi connectivity index (χ1n) is 4.71. The molecule has 15 heavy (non-hydrogen) atoms. The van der Waals surface area contributed by atoms with Crippen molar-refractivity contribution in [2.24, 2.45) is 0 Å². The minimum atomic E-state index is -0.136. The fourth-order valence-corrected chi connectivity index (χ4v) is 1.21. The Balaban J connectivity index is 2.77. The number of hydrogen-bond donors (Lipinski definition) is 0. The Morgan fingerprint density at radius 3 is 3.00 bits per heavy atom. The number of amides is 1. The predicted octanol–water partition coefficient (Wildman–Crippen LogP) is 1.38. The zero-order valence-corrected chi connectivity index (χ0v) is 8.90. The lowest BCUT2D eigenvalue weighted by Gasteiger charge is -2.15. The molecule has 1 aromatic rings. The molecule has 1 aromatic heterocycles. The van der Waals surface area contributed by atoms with Crippen LogP contribution in [0.25, 0.3) is 0 Å². The number of carbonyl (C=O) groups is 1. The van der Waals surface area contributed by atoms with Crippen molar-refractivity contribution in [2.75, 3.05) is 13.6 Å². The van der Waals surface area contributed by atoms with Crippen LogP contribution in [0.5, 0.6) is 0 Å². The number of aromatic nitrogens is 1. The van der Waals surface area contributed by atoms with E-state index in [2.05, 4.69) is 4.98 Å². The van der Waals surface area contributed by atoms with Crippen molar-refractivity contribution in [3.8, 4) is 6.07 Å². The molecule has 0 saturated carbocycles. The highest BCUT2D eigenvalue weighted by atomic mass is 16.2. The molecule has 0 saturated heterocycles. The minimum Gasteiger partial charge on any atom is -0.339 e. The van der Waals surface area contributed by atoms with Gasteiger partial charge < -0.3 is 4.90 Å². The SMILES string of the molecule is Cc1cccnc1C(=O)N(C)CCC#N. The van der Waals surface area contributed by atoms with Crippen molar-refractivity contribution < 1.29 is 4.79 Å². The quantitative estimate of drug-likeness (QED) is 0.745. The molecule has 0 N–H and O–H groups in total. The van der Waals surface area contributed by atoms with Crippen LogP contribution < -0.4 is 0 Å². The third-order valence-corrected chi connectivity index (χ3v) is 2.12. The maximum absolute atomic E-state index is 11.8. The van der Waals surface area contributed by atoms with Gasteiger partial charge in [-0.15, -0.1) is 0 Å². The van der Waals surface area contributed by atoms with Crippen LogP contribution in [0.15, 0.2) is 18.3 Å². The molecule has 0 aliphatic rings. The summed E-state index contributed by atoms with van der Waals surface area (Å²) in [5, 5.41) is 8.42. The van der Waals surface area contributed by atoms with Crippen molar-refractivity contribution in [3.63, 3.8) is 0 Å². The molecule has 0 atom stereocenters. The Morgan fingerprint density at radius 2 is 2.40 bits per heavy atom. The number of hydrogen-bond acceptors (Lipinski definition) is 3. The largest absolute Gasteiger partial charge is 0.339 e. The summed E-state index contributed by atoms with van der Waals surface area (Å²) >= 11 is 0. The van der Waals surface area contributed by atoms with E-state index < -0.39 is 0 Å². The molecule has 0 fully saturated rings. The second-order valence-corrected chi connectivity index (χ2v) is 3.30. The van der Waals surface area contributed by atoms with Crippen molar-refractivity contribution in [3.05, 3.63) is 29.6 Å². The smallest absolute Gasteiger partial charge is 0.272 e. The summed E-state index contributed by atoms with van der Waals surface area (Å²) in [6.07, 6.45) is 1.94. The minimum absolute atomic E-state index is 0.136. The lowest BCUT2D eigenvalue weighted by atomic mass is 10.2. The average molecular weight is 203 g/mol. The van der Waals surface area contributed by atoms with Gasteiger partial charge in [0.05, 0.1) is 12.5 Å². The summed E-state index contributed by atoms with van der Waals surface area (Å²) < 4.78 is 0. The molecule has 0 spiro atoms. The van der Waals surface area contributed by atoms with Gasteiger partial charge in [-0.2, -0.15) is 5.26 Å². The summed E-state index contributed by atoms with van der Waals surface area (Å²) in [5.74, 6) is -0.136. The fraction of sp³-hybridized carbons (Fsp3) is 0.364. The van der Waals surface area contributed by atoms with Crippen molar-refractivity contribution in [1.82, 2.24) is 9.88 Å². The zero-order valence-electron chi connectivity index (χ0n) is 8.90. The fourth-order valence-electron chi connectivity index (χ4n) is 1.21. The van der Waals surface area contributed by atoms with Crippen LogP contribution in [-0.4, -0.2) is 29.4 Å². The molecular formula is C11H13N3O. The highest BCUT2D eigenvalue weighted by Crippen LogP contribution is 2.06. The Morgan fingerprint density at radius 1 is 1.67 bits per heavy atom. The normalized spacial score (nSPS) is 9.40. The van der Waals surface area contributed by atoms with Crippen LogP contribution in [0, 0.1) is 18.3 Å². The predicted molar refractivity (Wildman–Crippen MR) is 56.2 cm³/mol. The van der Waals surface area contributed by atoms with Gasteiger partial charge in [-0.3, -0.25) is 9.78 Å². The number of pyridine rings is 1. The highest BCUT2D eigenvalue weighted by molar-refractivity contribution is 5.93. The first kappa shape index (κ1) is 11.2. The molecule has 0 aromatic carbocycles. The van der Waals surface area contributed by atoms with E-state index in [1.165, 1.54) is 4.90 Å². The third kappa shape index (κ3) is 2.78. The molecule has 1 amide bonds. The second-order valence-electron chi connectivity index (χ2n) is 3.30. The molecule has 78 valence electrons. The average Bonchev–Trinajstić information content (AvgIpc) is 2.25. The first-order valence-corrected chi connectivity index (χ1v) is 4.71. The summed E-state index contributed by atoms with van der Waals surface area (Å²) in [5.41, 5.74) is 1.31. The molecule has 1 heterocycles. The molecule has 4 heteroatoms. The number of nitriles is 1. The monoisotopic (exact) mass is 203 g/mol. The van der Waals surface area contributed by atoms with E-state index in [0.717, 1.165) is 5.56 Å². The molecule has 0 radical (unpaired) electrons. The van der Waals surface area contributed by atoms with Gasteiger partial charge in [0.1, 0.15) is 5.69 Å². The van der Waals surface area contributed by atoms with Crippen molar-refractivity contribution in [2.45, 2.75) is 13.3 Å². The number of carbonyl (C=O) groups excluding carboxylic acids is 1. The van der Waals surface area contributed by atoms with E-state index >= 15 is 0 Å². The number of aryl methyl sites for hydroxylation is 1. The van der Waals surface area contributed by atoms with Gasteiger partial charge >= 0.3 is 0 Å². The van der Waals surface area contributed by atoms with Crippen molar-refractivity contribution in [1.29, 1.82) is 5.26 Å². The molecular weight excluding hydrogens is 190 g/mol. The molecule has 1 rings (SSSR count). The Kier molecular flexibility index (Phi) is 3.81. The molecule has 0 aliphatic heterocycles. The summed E-state index contributed by atoms with van der Waals surface area (Å²) in [7, 11) is 1.67. The van der Waals surface area contributed by atoms with E-state index in [0.29, 0.717) is 18.7 Å². The Bertz CT molecular complexity index is 395. The van der Waals surface area contributed by atoms with Gasteiger partial charge in [-0.1, -0.05) is 6.07 Å². The van der Waals surface area contributed by atoms with Crippen molar-refractivity contribution >= 4 is 5.91 Å². The Labute approximate surface area is 89.2 Å². The lowest BCUT2D eigenvalue weighted by molar-refractivity contribution is 0.0791. The van der Waals surface area contributed by atoms with Gasteiger partial charge in [-0.05, 0) is 18.6 Å². The van der Waals surface area contributed by atoms with E-state index in [-0.39, 0.29) is 5.91 Å².